The number of carbonyl (C=O) groups excluding carboxylic acids is 1. The van der Waals surface area contributed by atoms with Crippen LogP contribution in [0.15, 0.2) is 30.3 Å². The normalized spacial score (nSPS) is 10.2. The van der Waals surface area contributed by atoms with Gasteiger partial charge in [-0.25, -0.2) is 0 Å². The summed E-state index contributed by atoms with van der Waals surface area (Å²) in [6, 6.07) is 9.47. The highest BCUT2D eigenvalue weighted by molar-refractivity contribution is 5.84. The van der Waals surface area contributed by atoms with E-state index >= 15 is 0 Å². The zero-order valence-electron chi connectivity index (χ0n) is 8.32. The number of rotatable bonds is 2. The van der Waals surface area contributed by atoms with E-state index in [9.17, 15) is 9.90 Å². The van der Waals surface area contributed by atoms with Gasteiger partial charge in [-0.15, -0.1) is 0 Å². The highest BCUT2D eigenvalue weighted by Crippen LogP contribution is 2.33. The molecule has 0 fully saturated rings. The van der Waals surface area contributed by atoms with Crippen molar-refractivity contribution in [3.05, 3.63) is 41.6 Å². The third-order valence-corrected chi connectivity index (χ3v) is 2.45. The average Bonchev–Trinajstić information content (AvgIpc) is 2.55. The minimum atomic E-state index is 0.0424. The summed E-state index contributed by atoms with van der Waals surface area (Å²) in [6.07, 6.45) is 0.710. The topological polar surface area (TPSA) is 53.1 Å². The van der Waals surface area contributed by atoms with Crippen molar-refractivity contribution in [3.8, 4) is 17.0 Å². The van der Waals surface area contributed by atoms with Crippen LogP contribution in [0.2, 0.25) is 0 Å². The molecule has 0 amide bonds. The summed E-state index contributed by atoms with van der Waals surface area (Å²) in [5.41, 5.74) is 2.79. The number of nitrogens with one attached hydrogen (secondary N) is 1. The van der Waals surface area contributed by atoms with Crippen LogP contribution in [0.4, 0.5) is 0 Å². The molecule has 1 heterocycles. The summed E-state index contributed by atoms with van der Waals surface area (Å²) in [5, 5.41) is 9.68. The van der Waals surface area contributed by atoms with Crippen LogP contribution in [-0.2, 0) is 0 Å². The fourth-order valence-corrected chi connectivity index (χ4v) is 1.67. The number of hydrogen-bond acceptors (Lipinski definition) is 2. The SMILES string of the molecule is Cc1c(C=O)[nH]c(O)c1-c1ccccc1. The molecule has 0 bridgehead atoms. The third-order valence-electron chi connectivity index (χ3n) is 2.45. The minimum absolute atomic E-state index is 0.0424. The monoisotopic (exact) mass is 201 g/mol. The molecule has 1 aromatic carbocycles. The average molecular weight is 201 g/mol. The maximum atomic E-state index is 10.7. The van der Waals surface area contributed by atoms with Gasteiger partial charge < -0.3 is 10.1 Å². The summed E-state index contributed by atoms with van der Waals surface area (Å²) in [4.78, 5) is 13.3. The van der Waals surface area contributed by atoms with Crippen LogP contribution in [0.25, 0.3) is 11.1 Å². The van der Waals surface area contributed by atoms with Crippen LogP contribution in [-0.4, -0.2) is 16.4 Å². The van der Waals surface area contributed by atoms with Crippen LogP contribution in [0.5, 0.6) is 5.88 Å². The standard InChI is InChI=1S/C12H11NO2/c1-8-10(7-14)13-12(15)11(8)9-5-3-2-4-6-9/h2-7,13,15H,1H3. The van der Waals surface area contributed by atoms with Gasteiger partial charge in [0.25, 0.3) is 0 Å². The molecule has 0 aliphatic rings. The third kappa shape index (κ3) is 1.52. The Balaban J connectivity index is 2.63. The van der Waals surface area contributed by atoms with Crippen molar-refractivity contribution in [2.45, 2.75) is 6.92 Å². The number of aromatic nitrogens is 1. The van der Waals surface area contributed by atoms with Gasteiger partial charge in [-0.1, -0.05) is 30.3 Å². The second-order valence-electron chi connectivity index (χ2n) is 3.37. The molecular formula is C12H11NO2. The molecule has 3 heteroatoms. The summed E-state index contributed by atoms with van der Waals surface area (Å²) in [5.74, 6) is 0.0424. The Hall–Kier alpha value is -2.03. The molecule has 76 valence electrons. The van der Waals surface area contributed by atoms with Gasteiger partial charge in [-0.3, -0.25) is 4.79 Å². The van der Waals surface area contributed by atoms with Crippen molar-refractivity contribution < 1.29 is 9.90 Å². The van der Waals surface area contributed by atoms with E-state index in [4.69, 9.17) is 0 Å². The molecule has 0 atom stereocenters. The van der Waals surface area contributed by atoms with Gasteiger partial charge in [0.05, 0.1) is 5.69 Å². The Morgan fingerprint density at radius 3 is 2.47 bits per heavy atom. The molecule has 2 N–H and O–H groups in total. The molecule has 0 radical (unpaired) electrons. The molecule has 0 saturated heterocycles. The van der Waals surface area contributed by atoms with Crippen LogP contribution in [0, 0.1) is 6.92 Å². The Kier molecular flexibility index (Phi) is 2.29. The summed E-state index contributed by atoms with van der Waals surface area (Å²) < 4.78 is 0. The molecule has 0 spiro atoms. The lowest BCUT2D eigenvalue weighted by atomic mass is 10.0. The lowest BCUT2D eigenvalue weighted by molar-refractivity contribution is 0.111. The summed E-state index contributed by atoms with van der Waals surface area (Å²) >= 11 is 0. The van der Waals surface area contributed by atoms with Crippen molar-refractivity contribution in [1.29, 1.82) is 0 Å². The number of H-pyrrole nitrogens is 1. The molecule has 2 aromatic rings. The second-order valence-corrected chi connectivity index (χ2v) is 3.37. The number of aromatic amines is 1. The summed E-state index contributed by atoms with van der Waals surface area (Å²) in [7, 11) is 0. The van der Waals surface area contributed by atoms with Crippen molar-refractivity contribution in [3.63, 3.8) is 0 Å². The van der Waals surface area contributed by atoms with Crippen molar-refractivity contribution in [2.75, 3.05) is 0 Å². The second kappa shape index (κ2) is 3.61. The van der Waals surface area contributed by atoms with Crippen LogP contribution in [0.3, 0.4) is 0 Å². The predicted molar refractivity (Wildman–Crippen MR) is 58.0 cm³/mol. The number of benzene rings is 1. The number of aromatic hydroxyl groups is 1. The Morgan fingerprint density at radius 1 is 1.27 bits per heavy atom. The molecule has 0 aliphatic heterocycles. The molecule has 1 aromatic heterocycles. The van der Waals surface area contributed by atoms with Crippen LogP contribution in [0.1, 0.15) is 16.1 Å². The Bertz CT molecular complexity index is 486. The predicted octanol–water partition coefficient (Wildman–Crippen LogP) is 2.51. The van der Waals surface area contributed by atoms with E-state index in [2.05, 4.69) is 4.98 Å². The maximum Gasteiger partial charge on any atom is 0.197 e. The number of hydrogen-bond donors (Lipinski definition) is 2. The quantitative estimate of drug-likeness (QED) is 0.733. The fraction of sp³-hybridized carbons (Fsp3) is 0.0833. The zero-order chi connectivity index (χ0) is 10.8. The number of carbonyl (C=O) groups is 1. The molecule has 3 nitrogen and oxygen atoms in total. The lowest BCUT2D eigenvalue weighted by Gasteiger charge is -2.00. The minimum Gasteiger partial charge on any atom is -0.494 e. The van der Waals surface area contributed by atoms with E-state index in [1.54, 1.807) is 0 Å². The highest BCUT2D eigenvalue weighted by atomic mass is 16.3. The molecule has 0 unspecified atom stereocenters. The molecule has 15 heavy (non-hydrogen) atoms. The van der Waals surface area contributed by atoms with E-state index in [1.165, 1.54) is 0 Å². The molecule has 2 rings (SSSR count). The van der Waals surface area contributed by atoms with Crippen molar-refractivity contribution in [2.24, 2.45) is 0 Å². The van der Waals surface area contributed by atoms with Gasteiger partial charge in [0.1, 0.15) is 0 Å². The first-order valence-electron chi connectivity index (χ1n) is 4.66. The lowest BCUT2D eigenvalue weighted by Crippen LogP contribution is -1.82. The van der Waals surface area contributed by atoms with Gasteiger partial charge in [0.2, 0.25) is 0 Å². The largest absolute Gasteiger partial charge is 0.494 e. The van der Waals surface area contributed by atoms with Gasteiger partial charge in [-0.2, -0.15) is 0 Å². The van der Waals surface area contributed by atoms with Gasteiger partial charge in [0, 0.05) is 5.56 Å². The first kappa shape index (κ1) is 9.52. The fourth-order valence-electron chi connectivity index (χ4n) is 1.67. The molecule has 0 saturated carbocycles. The smallest absolute Gasteiger partial charge is 0.197 e. The van der Waals surface area contributed by atoms with Gasteiger partial charge in [0.15, 0.2) is 12.2 Å². The van der Waals surface area contributed by atoms with Crippen LogP contribution < -0.4 is 0 Å². The van der Waals surface area contributed by atoms with Crippen molar-refractivity contribution in [1.82, 2.24) is 4.98 Å². The van der Waals surface area contributed by atoms with E-state index in [0.29, 0.717) is 17.5 Å². The molecule has 0 aliphatic carbocycles. The zero-order valence-corrected chi connectivity index (χ0v) is 8.32. The highest BCUT2D eigenvalue weighted by Gasteiger charge is 2.14. The van der Waals surface area contributed by atoms with E-state index in [0.717, 1.165) is 11.1 Å². The summed E-state index contributed by atoms with van der Waals surface area (Å²) in [6.45, 7) is 1.81. The van der Waals surface area contributed by atoms with Gasteiger partial charge >= 0.3 is 0 Å². The van der Waals surface area contributed by atoms with E-state index in [-0.39, 0.29) is 5.88 Å². The van der Waals surface area contributed by atoms with Crippen LogP contribution >= 0.6 is 0 Å². The number of aldehydes is 1. The Labute approximate surface area is 87.4 Å². The molecular weight excluding hydrogens is 190 g/mol. The maximum absolute atomic E-state index is 10.7. The first-order chi connectivity index (χ1) is 7.24. The van der Waals surface area contributed by atoms with Gasteiger partial charge in [-0.05, 0) is 18.1 Å². The van der Waals surface area contributed by atoms with E-state index < -0.39 is 0 Å². The van der Waals surface area contributed by atoms with Crippen molar-refractivity contribution >= 4 is 6.29 Å². The first-order valence-corrected chi connectivity index (χ1v) is 4.66. The Morgan fingerprint density at radius 2 is 1.93 bits per heavy atom. The van der Waals surface area contributed by atoms with E-state index in [1.807, 2.05) is 37.3 Å².